The van der Waals surface area contributed by atoms with Crippen LogP contribution in [0.2, 0.25) is 0 Å². The van der Waals surface area contributed by atoms with E-state index in [1.165, 1.54) is 57.8 Å². The Morgan fingerprint density at radius 2 is 1.38 bits per heavy atom. The number of hydrogen-bond acceptors (Lipinski definition) is 3. The second kappa shape index (κ2) is 18.3. The van der Waals surface area contributed by atoms with Gasteiger partial charge in [0.15, 0.2) is 5.11 Å². The molecule has 1 aromatic rings. The summed E-state index contributed by atoms with van der Waals surface area (Å²) in [5.41, 5.74) is 0.740. The number of nitrogens with one attached hydrogen (secondary N) is 3. The van der Waals surface area contributed by atoms with Gasteiger partial charge in [-0.05, 0) is 42.9 Å². The highest BCUT2D eigenvalue weighted by Crippen LogP contribution is 2.29. The molecule has 34 heavy (non-hydrogen) atoms. The summed E-state index contributed by atoms with van der Waals surface area (Å²) in [5, 5.41) is 8.84. The molecule has 0 saturated carbocycles. The lowest BCUT2D eigenvalue weighted by Gasteiger charge is -2.27. The third kappa shape index (κ3) is 15.1. The predicted molar refractivity (Wildman–Crippen MR) is 150 cm³/mol. The van der Waals surface area contributed by atoms with Crippen LogP contribution in [0.25, 0.3) is 0 Å². The molecule has 0 aromatic heterocycles. The summed E-state index contributed by atoms with van der Waals surface area (Å²) in [5.74, 6) is 0.553. The van der Waals surface area contributed by atoms with Gasteiger partial charge in [-0.3, -0.25) is 4.79 Å². The van der Waals surface area contributed by atoms with E-state index in [1.807, 2.05) is 12.1 Å². The lowest BCUT2D eigenvalue weighted by Crippen LogP contribution is -2.56. The molecule has 0 aliphatic carbocycles. The number of halogens is 3. The number of hydrogen-bond donors (Lipinski definition) is 3. The van der Waals surface area contributed by atoms with Crippen LogP contribution in [0.3, 0.4) is 0 Å². The Balaban J connectivity index is 2.24. The lowest BCUT2D eigenvalue weighted by atomic mass is 10.0. The number of unbranched alkanes of at least 4 members (excludes halogenated alkanes) is 11. The van der Waals surface area contributed by atoms with E-state index in [0.717, 1.165) is 30.7 Å². The van der Waals surface area contributed by atoms with Crippen molar-refractivity contribution in [1.82, 2.24) is 10.6 Å². The highest BCUT2D eigenvalue weighted by molar-refractivity contribution is 7.80. The first kappa shape index (κ1) is 31.1. The smallest absolute Gasteiger partial charge is 0.228 e. The summed E-state index contributed by atoms with van der Waals surface area (Å²) in [6.07, 6.45) is 14.3. The maximum Gasteiger partial charge on any atom is 0.228 e. The van der Waals surface area contributed by atoms with E-state index < -0.39 is 9.96 Å². The monoisotopic (exact) mass is 551 g/mol. The molecule has 1 amide bonds. The Morgan fingerprint density at radius 1 is 0.882 bits per heavy atom. The normalized spacial score (nSPS) is 12.1. The largest absolute Gasteiger partial charge is 0.497 e. The molecule has 0 aliphatic heterocycles. The Bertz CT molecular complexity index is 700. The summed E-state index contributed by atoms with van der Waals surface area (Å²) in [6, 6.07) is 7.22. The Kier molecular flexibility index (Phi) is 16.8. The first-order chi connectivity index (χ1) is 16.3. The van der Waals surface area contributed by atoms with Crippen molar-refractivity contribution in [2.75, 3.05) is 12.4 Å². The van der Waals surface area contributed by atoms with E-state index in [0.29, 0.717) is 6.42 Å². The van der Waals surface area contributed by atoms with Crippen molar-refractivity contribution in [1.29, 1.82) is 0 Å². The first-order valence-corrected chi connectivity index (χ1v) is 13.9. The Morgan fingerprint density at radius 3 is 1.85 bits per heavy atom. The van der Waals surface area contributed by atoms with Gasteiger partial charge in [-0.25, -0.2) is 0 Å². The van der Waals surface area contributed by atoms with Gasteiger partial charge in [0.05, 0.1) is 7.11 Å². The fourth-order valence-electron chi connectivity index (χ4n) is 3.53. The number of methoxy groups -OCH3 is 1. The van der Waals surface area contributed by atoms with Gasteiger partial charge in [0.25, 0.3) is 0 Å². The Labute approximate surface area is 226 Å². The quantitative estimate of drug-likeness (QED) is 0.0794. The molecule has 0 aliphatic rings. The number of thiocarbonyl (C=S) groups is 1. The van der Waals surface area contributed by atoms with Gasteiger partial charge in [0.1, 0.15) is 11.9 Å². The maximum atomic E-state index is 12.4. The van der Waals surface area contributed by atoms with Gasteiger partial charge < -0.3 is 20.7 Å². The van der Waals surface area contributed by atoms with E-state index in [4.69, 9.17) is 51.8 Å². The first-order valence-electron chi connectivity index (χ1n) is 12.3. The molecule has 5 nitrogen and oxygen atoms in total. The molecule has 0 spiro atoms. The van der Waals surface area contributed by atoms with Crippen molar-refractivity contribution in [3.8, 4) is 5.75 Å². The number of ether oxygens (including phenoxy) is 1. The highest BCUT2D eigenvalue weighted by atomic mass is 35.6. The molecule has 0 bridgehead atoms. The summed E-state index contributed by atoms with van der Waals surface area (Å²) < 4.78 is 3.37. The molecule has 9 heteroatoms. The van der Waals surface area contributed by atoms with Crippen molar-refractivity contribution in [3.63, 3.8) is 0 Å². The lowest BCUT2D eigenvalue weighted by molar-refractivity contribution is -0.122. The van der Waals surface area contributed by atoms with Crippen LogP contribution >= 0.6 is 47.0 Å². The van der Waals surface area contributed by atoms with Crippen LogP contribution in [0, 0.1) is 0 Å². The standard InChI is InChI=1S/C25H40Cl3N3O2S/c1-3-4-5-6-7-8-9-10-11-12-13-14-15-22(32)30-23(25(26,27)28)31-24(34)29-20-16-18-21(33-2)19-17-20/h16-19,23H,3-15H2,1-2H3,(H,30,32)(H2,29,31,34)/t23-/m0/s1. The molecule has 0 heterocycles. The summed E-state index contributed by atoms with van der Waals surface area (Å²) >= 11 is 23.5. The average molecular weight is 553 g/mol. The zero-order valence-electron chi connectivity index (χ0n) is 20.4. The second-order valence-corrected chi connectivity index (χ2v) is 11.3. The van der Waals surface area contributed by atoms with Gasteiger partial charge in [0.2, 0.25) is 9.70 Å². The zero-order chi connectivity index (χ0) is 25.2. The van der Waals surface area contributed by atoms with E-state index >= 15 is 0 Å². The van der Waals surface area contributed by atoms with Crippen molar-refractivity contribution in [2.45, 2.75) is 100 Å². The zero-order valence-corrected chi connectivity index (χ0v) is 23.5. The molecular formula is C25H40Cl3N3O2S. The minimum atomic E-state index is -1.77. The van der Waals surface area contributed by atoms with E-state index in [2.05, 4.69) is 22.9 Å². The van der Waals surface area contributed by atoms with Gasteiger partial charge in [-0.1, -0.05) is 112 Å². The van der Waals surface area contributed by atoms with Crippen molar-refractivity contribution >= 4 is 63.7 Å². The number of rotatable bonds is 17. The number of anilines is 1. The van der Waals surface area contributed by atoms with Crippen LogP contribution in [0.4, 0.5) is 5.69 Å². The maximum absolute atomic E-state index is 12.4. The average Bonchev–Trinajstić information content (AvgIpc) is 2.79. The predicted octanol–water partition coefficient (Wildman–Crippen LogP) is 7.89. The summed E-state index contributed by atoms with van der Waals surface area (Å²) in [7, 11) is 1.60. The number of benzene rings is 1. The Hall–Kier alpha value is -0.950. The highest BCUT2D eigenvalue weighted by Gasteiger charge is 2.34. The fourth-order valence-corrected chi connectivity index (χ4v) is 4.10. The molecule has 0 saturated heterocycles. The van der Waals surface area contributed by atoms with Crippen LogP contribution in [-0.2, 0) is 4.79 Å². The van der Waals surface area contributed by atoms with Crippen LogP contribution in [-0.4, -0.2) is 28.1 Å². The van der Waals surface area contributed by atoms with Crippen molar-refractivity contribution in [3.05, 3.63) is 24.3 Å². The van der Waals surface area contributed by atoms with E-state index in [9.17, 15) is 4.79 Å². The van der Waals surface area contributed by atoms with Crippen LogP contribution in [0.15, 0.2) is 24.3 Å². The van der Waals surface area contributed by atoms with Gasteiger partial charge >= 0.3 is 0 Å². The third-order valence-corrected chi connectivity index (χ3v) is 6.39. The summed E-state index contributed by atoms with van der Waals surface area (Å²) in [6.45, 7) is 2.25. The van der Waals surface area contributed by atoms with Gasteiger partial charge in [0, 0.05) is 12.1 Å². The van der Waals surface area contributed by atoms with Crippen LogP contribution in [0.5, 0.6) is 5.75 Å². The molecule has 0 unspecified atom stereocenters. The third-order valence-electron chi connectivity index (χ3n) is 5.51. The molecule has 0 fully saturated rings. The van der Waals surface area contributed by atoms with Crippen molar-refractivity contribution in [2.24, 2.45) is 0 Å². The van der Waals surface area contributed by atoms with Crippen molar-refractivity contribution < 1.29 is 9.53 Å². The number of carbonyl (C=O) groups excluding carboxylic acids is 1. The molecule has 1 atom stereocenters. The van der Waals surface area contributed by atoms with Crippen LogP contribution < -0.4 is 20.7 Å². The SMILES string of the molecule is CCCCCCCCCCCCCCC(=O)N[C@@H](NC(=S)Nc1ccc(OC)cc1)C(Cl)(Cl)Cl. The molecule has 3 N–H and O–H groups in total. The fraction of sp³-hybridized carbons (Fsp3) is 0.680. The second-order valence-electron chi connectivity index (χ2n) is 8.51. The minimum Gasteiger partial charge on any atom is -0.497 e. The molecule has 1 rings (SSSR count). The number of amides is 1. The number of carbonyl (C=O) groups is 1. The molecule has 194 valence electrons. The molecule has 1 aromatic carbocycles. The molecular weight excluding hydrogens is 513 g/mol. The van der Waals surface area contributed by atoms with Gasteiger partial charge in [-0.2, -0.15) is 0 Å². The molecule has 0 radical (unpaired) electrons. The number of alkyl halides is 3. The van der Waals surface area contributed by atoms with E-state index in [1.54, 1.807) is 19.2 Å². The summed E-state index contributed by atoms with van der Waals surface area (Å²) in [4.78, 5) is 12.4. The minimum absolute atomic E-state index is 0.178. The topological polar surface area (TPSA) is 62.4 Å². The van der Waals surface area contributed by atoms with Crippen LogP contribution in [0.1, 0.15) is 90.4 Å². The van der Waals surface area contributed by atoms with E-state index in [-0.39, 0.29) is 11.0 Å². The van der Waals surface area contributed by atoms with Gasteiger partial charge in [-0.15, -0.1) is 0 Å².